The van der Waals surface area contributed by atoms with Gasteiger partial charge in [-0.1, -0.05) is 19.1 Å². The fraction of sp³-hybridized carbons (Fsp3) is 0.471. The summed E-state index contributed by atoms with van der Waals surface area (Å²) in [7, 11) is 0. The van der Waals surface area contributed by atoms with Crippen molar-refractivity contribution >= 4 is 23.4 Å². The van der Waals surface area contributed by atoms with Crippen molar-refractivity contribution in [3.63, 3.8) is 0 Å². The lowest BCUT2D eigenvalue weighted by Crippen LogP contribution is -2.36. The predicted molar refractivity (Wildman–Crippen MR) is 90.5 cm³/mol. The Labute approximate surface area is 141 Å². The number of anilines is 1. The van der Waals surface area contributed by atoms with E-state index in [-0.39, 0.29) is 11.8 Å². The minimum absolute atomic E-state index is 0.0371. The Hall–Kier alpha value is -2.41. The molecule has 2 amide bonds. The molecule has 7 nitrogen and oxygen atoms in total. The summed E-state index contributed by atoms with van der Waals surface area (Å²) in [4.78, 5) is 23.5. The molecule has 1 heterocycles. The standard InChI is InChI=1S/C17H23N3O4/c1-11-9-14(22)20(10-21)19-15(11)12-5-7-13(8-6-12)18-16(23)24-17(2,3)4/h5-8,11,21H,9-10H2,1-4H3,(H,18,23). The Bertz CT molecular complexity index is 647. The Balaban J connectivity index is 2.12. The van der Waals surface area contributed by atoms with E-state index in [9.17, 15) is 14.7 Å². The molecule has 0 radical (unpaired) electrons. The van der Waals surface area contributed by atoms with Crippen LogP contribution in [0.1, 0.15) is 39.7 Å². The van der Waals surface area contributed by atoms with Gasteiger partial charge in [0.1, 0.15) is 12.3 Å². The zero-order chi connectivity index (χ0) is 17.9. The highest BCUT2D eigenvalue weighted by Gasteiger charge is 2.26. The van der Waals surface area contributed by atoms with Crippen LogP contribution in [0.5, 0.6) is 0 Å². The van der Waals surface area contributed by atoms with Crippen molar-refractivity contribution in [3.05, 3.63) is 29.8 Å². The maximum Gasteiger partial charge on any atom is 0.412 e. The number of benzene rings is 1. The van der Waals surface area contributed by atoms with Gasteiger partial charge in [-0.05, 0) is 38.5 Å². The van der Waals surface area contributed by atoms with Crippen LogP contribution >= 0.6 is 0 Å². The molecule has 1 unspecified atom stereocenters. The number of carbonyl (C=O) groups excluding carboxylic acids is 2. The maximum atomic E-state index is 11.8. The molecule has 0 saturated carbocycles. The molecule has 2 N–H and O–H groups in total. The van der Waals surface area contributed by atoms with Crippen molar-refractivity contribution in [1.29, 1.82) is 0 Å². The molecule has 0 aliphatic carbocycles. The fourth-order valence-electron chi connectivity index (χ4n) is 2.35. The minimum Gasteiger partial charge on any atom is -0.444 e. The zero-order valence-electron chi connectivity index (χ0n) is 14.4. The Morgan fingerprint density at radius 3 is 2.54 bits per heavy atom. The summed E-state index contributed by atoms with van der Waals surface area (Å²) in [6.07, 6.45) is -0.215. The van der Waals surface area contributed by atoms with Crippen molar-refractivity contribution in [2.24, 2.45) is 11.0 Å². The van der Waals surface area contributed by atoms with Gasteiger partial charge in [-0.2, -0.15) is 5.10 Å². The van der Waals surface area contributed by atoms with Crippen LogP contribution in [0.2, 0.25) is 0 Å². The number of nitrogens with zero attached hydrogens (tertiary/aromatic N) is 2. The van der Waals surface area contributed by atoms with Crippen LogP contribution in [0.3, 0.4) is 0 Å². The lowest BCUT2D eigenvalue weighted by atomic mass is 9.94. The number of hydrogen-bond donors (Lipinski definition) is 2. The summed E-state index contributed by atoms with van der Waals surface area (Å²) in [5.41, 5.74) is 1.61. The number of hydrogen-bond acceptors (Lipinski definition) is 5. The van der Waals surface area contributed by atoms with Crippen LogP contribution in [0.4, 0.5) is 10.5 Å². The minimum atomic E-state index is -0.559. The third kappa shape index (κ3) is 4.55. The monoisotopic (exact) mass is 333 g/mol. The van der Waals surface area contributed by atoms with Gasteiger partial charge < -0.3 is 9.84 Å². The molecule has 0 aromatic heterocycles. The predicted octanol–water partition coefficient (Wildman–Crippen LogP) is 2.56. The average Bonchev–Trinajstić information content (AvgIpc) is 2.46. The first kappa shape index (κ1) is 17.9. The largest absolute Gasteiger partial charge is 0.444 e. The molecule has 1 aliphatic heterocycles. The zero-order valence-corrected chi connectivity index (χ0v) is 14.4. The maximum absolute atomic E-state index is 11.8. The highest BCUT2D eigenvalue weighted by atomic mass is 16.6. The van der Waals surface area contributed by atoms with Crippen LogP contribution in [-0.2, 0) is 9.53 Å². The van der Waals surface area contributed by atoms with Gasteiger partial charge in [-0.25, -0.2) is 9.80 Å². The van der Waals surface area contributed by atoms with Crippen LogP contribution in [0.15, 0.2) is 29.4 Å². The number of rotatable bonds is 3. The van der Waals surface area contributed by atoms with E-state index >= 15 is 0 Å². The van der Waals surface area contributed by atoms with Gasteiger partial charge in [0.2, 0.25) is 5.91 Å². The molecular weight excluding hydrogens is 310 g/mol. The topological polar surface area (TPSA) is 91.2 Å². The SMILES string of the molecule is CC1CC(=O)N(CO)N=C1c1ccc(NC(=O)OC(C)(C)C)cc1. The van der Waals surface area contributed by atoms with E-state index in [1.54, 1.807) is 32.9 Å². The number of nitrogens with one attached hydrogen (secondary N) is 1. The lowest BCUT2D eigenvalue weighted by molar-refractivity contribution is -0.136. The molecule has 0 bridgehead atoms. The Morgan fingerprint density at radius 1 is 1.38 bits per heavy atom. The summed E-state index contributed by atoms with van der Waals surface area (Å²) in [6.45, 7) is 6.87. The molecule has 1 aromatic carbocycles. The van der Waals surface area contributed by atoms with Crippen LogP contribution in [0, 0.1) is 5.92 Å². The first-order valence-corrected chi connectivity index (χ1v) is 7.80. The number of aliphatic hydroxyl groups excluding tert-OH is 1. The van der Waals surface area contributed by atoms with Gasteiger partial charge in [0, 0.05) is 18.0 Å². The molecule has 2 rings (SSSR count). The number of aliphatic hydroxyl groups is 1. The number of carbonyl (C=O) groups is 2. The van der Waals surface area contributed by atoms with Gasteiger partial charge in [-0.15, -0.1) is 0 Å². The van der Waals surface area contributed by atoms with Crippen molar-refractivity contribution < 1.29 is 19.4 Å². The van der Waals surface area contributed by atoms with E-state index in [1.165, 1.54) is 0 Å². The van der Waals surface area contributed by atoms with E-state index in [4.69, 9.17) is 4.74 Å². The summed E-state index contributed by atoms with van der Waals surface area (Å²) in [5, 5.41) is 17.1. The summed E-state index contributed by atoms with van der Waals surface area (Å²) < 4.78 is 5.20. The van der Waals surface area contributed by atoms with Gasteiger partial charge in [-0.3, -0.25) is 10.1 Å². The van der Waals surface area contributed by atoms with Crippen molar-refractivity contribution in [2.45, 2.75) is 39.7 Å². The molecule has 1 atom stereocenters. The normalized spacial score (nSPS) is 18.2. The van der Waals surface area contributed by atoms with Gasteiger partial charge >= 0.3 is 6.09 Å². The molecule has 7 heteroatoms. The van der Waals surface area contributed by atoms with E-state index in [0.29, 0.717) is 12.1 Å². The quantitative estimate of drug-likeness (QED) is 0.889. The third-order valence-electron chi connectivity index (χ3n) is 3.42. The summed E-state index contributed by atoms with van der Waals surface area (Å²) in [6, 6.07) is 7.11. The van der Waals surface area contributed by atoms with Crippen LogP contribution in [-0.4, -0.2) is 40.2 Å². The second-order valence-corrected chi connectivity index (χ2v) is 6.73. The molecule has 1 aromatic rings. The molecular formula is C17H23N3O4. The van der Waals surface area contributed by atoms with Crippen molar-refractivity contribution in [1.82, 2.24) is 5.01 Å². The van der Waals surface area contributed by atoms with Crippen LogP contribution < -0.4 is 5.32 Å². The third-order valence-corrected chi connectivity index (χ3v) is 3.42. The smallest absolute Gasteiger partial charge is 0.412 e. The van der Waals surface area contributed by atoms with E-state index in [2.05, 4.69) is 10.4 Å². The fourth-order valence-corrected chi connectivity index (χ4v) is 2.35. The first-order valence-electron chi connectivity index (χ1n) is 7.80. The molecule has 0 fully saturated rings. The number of ether oxygens (including phenoxy) is 1. The summed E-state index contributed by atoms with van der Waals surface area (Å²) in [5.74, 6) is -0.234. The molecule has 0 spiro atoms. The molecule has 0 saturated heterocycles. The number of amides is 2. The second kappa shape index (κ2) is 7.00. The van der Waals surface area contributed by atoms with Crippen molar-refractivity contribution in [2.75, 3.05) is 12.0 Å². The molecule has 1 aliphatic rings. The molecule has 130 valence electrons. The van der Waals surface area contributed by atoms with Gasteiger partial charge in [0.15, 0.2) is 0 Å². The van der Waals surface area contributed by atoms with E-state index in [1.807, 2.05) is 19.1 Å². The Morgan fingerprint density at radius 2 is 2.00 bits per heavy atom. The van der Waals surface area contributed by atoms with Gasteiger partial charge in [0.05, 0.1) is 5.71 Å². The van der Waals surface area contributed by atoms with E-state index in [0.717, 1.165) is 16.3 Å². The first-order chi connectivity index (χ1) is 11.2. The number of hydrazone groups is 1. The van der Waals surface area contributed by atoms with Gasteiger partial charge in [0.25, 0.3) is 0 Å². The second-order valence-electron chi connectivity index (χ2n) is 6.73. The average molecular weight is 333 g/mol. The van der Waals surface area contributed by atoms with E-state index < -0.39 is 18.4 Å². The summed E-state index contributed by atoms with van der Waals surface area (Å²) >= 11 is 0. The van der Waals surface area contributed by atoms with Crippen LogP contribution in [0.25, 0.3) is 0 Å². The lowest BCUT2D eigenvalue weighted by Gasteiger charge is -2.26. The Kier molecular flexibility index (Phi) is 5.23. The highest BCUT2D eigenvalue weighted by Crippen LogP contribution is 2.22. The van der Waals surface area contributed by atoms with Crippen molar-refractivity contribution in [3.8, 4) is 0 Å². The molecule has 24 heavy (non-hydrogen) atoms. The highest BCUT2D eigenvalue weighted by molar-refractivity contribution is 6.06.